The zero-order valence-corrected chi connectivity index (χ0v) is 11.4. The quantitative estimate of drug-likeness (QED) is 0.768. The molecule has 0 unspecified atom stereocenters. The second-order valence-electron chi connectivity index (χ2n) is 4.70. The molecule has 0 amide bonds. The minimum absolute atomic E-state index is 0.780. The minimum atomic E-state index is 0.780. The molecule has 0 spiro atoms. The van der Waals surface area contributed by atoms with Crippen LogP contribution in [0.5, 0.6) is 0 Å². The van der Waals surface area contributed by atoms with Crippen LogP contribution in [0.4, 0.5) is 0 Å². The molecule has 0 bridgehead atoms. The fraction of sp³-hybridized carbons (Fsp3) is 0.200. The van der Waals surface area contributed by atoms with E-state index in [1.54, 1.807) is 6.20 Å². The molecule has 0 aliphatic heterocycles. The molecule has 1 aromatic carbocycles. The van der Waals surface area contributed by atoms with E-state index in [0.717, 1.165) is 24.5 Å². The summed E-state index contributed by atoms with van der Waals surface area (Å²) in [6.07, 6.45) is 5.67. The number of aryl methyl sites for hydroxylation is 1. The molecule has 20 heavy (non-hydrogen) atoms. The van der Waals surface area contributed by atoms with Crippen molar-refractivity contribution in [1.82, 2.24) is 24.9 Å². The summed E-state index contributed by atoms with van der Waals surface area (Å²) in [7, 11) is 1.93. The Morgan fingerprint density at radius 1 is 1.05 bits per heavy atom. The normalized spacial score (nSPS) is 10.8. The highest BCUT2D eigenvalue weighted by Gasteiger charge is 1.99. The molecule has 0 aliphatic rings. The van der Waals surface area contributed by atoms with Crippen molar-refractivity contribution in [2.24, 2.45) is 7.05 Å². The third-order valence-corrected chi connectivity index (χ3v) is 3.11. The van der Waals surface area contributed by atoms with Crippen molar-refractivity contribution in [2.75, 3.05) is 0 Å². The summed E-state index contributed by atoms with van der Waals surface area (Å²) in [5.41, 5.74) is 3.38. The Morgan fingerprint density at radius 2 is 1.90 bits per heavy atom. The molecule has 5 heteroatoms. The van der Waals surface area contributed by atoms with Crippen LogP contribution in [0.2, 0.25) is 0 Å². The van der Waals surface area contributed by atoms with Gasteiger partial charge in [-0.25, -0.2) is 4.68 Å². The van der Waals surface area contributed by atoms with E-state index < -0.39 is 0 Å². The van der Waals surface area contributed by atoms with Crippen LogP contribution in [0.1, 0.15) is 11.3 Å². The van der Waals surface area contributed by atoms with Crippen LogP contribution in [0, 0.1) is 0 Å². The number of hydrogen-bond acceptors (Lipinski definition) is 3. The van der Waals surface area contributed by atoms with Crippen LogP contribution in [-0.4, -0.2) is 19.6 Å². The van der Waals surface area contributed by atoms with Crippen LogP contribution in [0.15, 0.2) is 55.0 Å². The van der Waals surface area contributed by atoms with E-state index in [4.69, 9.17) is 0 Å². The lowest BCUT2D eigenvalue weighted by molar-refractivity contribution is 0.656. The Kier molecular flexibility index (Phi) is 3.60. The Morgan fingerprint density at radius 3 is 2.55 bits per heavy atom. The SMILES string of the molecule is Cn1ccc(CNCc2ccc(-n3cccn3)cc2)n1. The molecule has 2 aromatic heterocycles. The molecular weight excluding hydrogens is 250 g/mol. The van der Waals surface area contributed by atoms with Gasteiger partial charge in [-0.2, -0.15) is 10.2 Å². The molecular formula is C15H17N5. The van der Waals surface area contributed by atoms with E-state index in [2.05, 4.69) is 39.8 Å². The molecule has 1 N–H and O–H groups in total. The first-order chi connectivity index (χ1) is 9.81. The molecule has 0 aliphatic carbocycles. The van der Waals surface area contributed by atoms with Gasteiger partial charge in [0.25, 0.3) is 0 Å². The molecule has 3 aromatic rings. The van der Waals surface area contributed by atoms with Gasteiger partial charge in [-0.1, -0.05) is 12.1 Å². The van der Waals surface area contributed by atoms with Gasteiger partial charge >= 0.3 is 0 Å². The standard InChI is InChI=1S/C15H17N5/c1-19-10-7-14(18-19)12-16-11-13-3-5-15(6-4-13)20-9-2-8-17-20/h2-10,16H,11-12H2,1H3. The molecule has 2 heterocycles. The fourth-order valence-corrected chi connectivity index (χ4v) is 2.08. The highest BCUT2D eigenvalue weighted by atomic mass is 15.3. The maximum atomic E-state index is 4.33. The highest BCUT2D eigenvalue weighted by Crippen LogP contribution is 2.08. The van der Waals surface area contributed by atoms with Gasteiger partial charge in [-0.3, -0.25) is 4.68 Å². The van der Waals surface area contributed by atoms with Gasteiger partial charge < -0.3 is 5.32 Å². The first kappa shape index (κ1) is 12.6. The van der Waals surface area contributed by atoms with E-state index >= 15 is 0 Å². The summed E-state index contributed by atoms with van der Waals surface area (Å²) in [5.74, 6) is 0. The van der Waals surface area contributed by atoms with E-state index in [0.29, 0.717) is 0 Å². The Labute approximate surface area is 117 Å². The number of nitrogens with zero attached hydrogens (tertiary/aromatic N) is 4. The van der Waals surface area contributed by atoms with Crippen molar-refractivity contribution in [3.05, 3.63) is 66.2 Å². The lowest BCUT2D eigenvalue weighted by Gasteiger charge is -2.05. The topological polar surface area (TPSA) is 47.7 Å². The van der Waals surface area contributed by atoms with Gasteiger partial charge in [-0.05, 0) is 29.8 Å². The predicted molar refractivity (Wildman–Crippen MR) is 77.3 cm³/mol. The van der Waals surface area contributed by atoms with Crippen molar-refractivity contribution in [3.8, 4) is 5.69 Å². The van der Waals surface area contributed by atoms with E-state index in [-0.39, 0.29) is 0 Å². The number of benzene rings is 1. The lowest BCUT2D eigenvalue weighted by atomic mass is 10.2. The molecule has 5 nitrogen and oxygen atoms in total. The number of aromatic nitrogens is 4. The van der Waals surface area contributed by atoms with Crippen molar-refractivity contribution < 1.29 is 0 Å². The van der Waals surface area contributed by atoms with Crippen molar-refractivity contribution in [3.63, 3.8) is 0 Å². The number of hydrogen-bond donors (Lipinski definition) is 1. The van der Waals surface area contributed by atoms with Gasteiger partial charge in [-0.15, -0.1) is 0 Å². The second-order valence-corrected chi connectivity index (χ2v) is 4.70. The van der Waals surface area contributed by atoms with Crippen molar-refractivity contribution >= 4 is 0 Å². The zero-order chi connectivity index (χ0) is 13.8. The highest BCUT2D eigenvalue weighted by molar-refractivity contribution is 5.33. The zero-order valence-electron chi connectivity index (χ0n) is 11.4. The van der Waals surface area contributed by atoms with E-state index in [9.17, 15) is 0 Å². The summed E-state index contributed by atoms with van der Waals surface area (Å²) in [4.78, 5) is 0. The van der Waals surface area contributed by atoms with Gasteiger partial charge in [0.2, 0.25) is 0 Å². The molecule has 0 saturated carbocycles. The number of nitrogens with one attached hydrogen (secondary N) is 1. The summed E-state index contributed by atoms with van der Waals surface area (Å²) < 4.78 is 3.67. The first-order valence-electron chi connectivity index (χ1n) is 6.59. The number of rotatable bonds is 5. The Balaban J connectivity index is 1.56. The maximum Gasteiger partial charge on any atom is 0.0762 e. The third-order valence-electron chi connectivity index (χ3n) is 3.11. The average Bonchev–Trinajstić information content (AvgIpc) is 3.11. The smallest absolute Gasteiger partial charge is 0.0762 e. The predicted octanol–water partition coefficient (Wildman–Crippen LogP) is 1.90. The molecule has 0 fully saturated rings. The van der Waals surface area contributed by atoms with Gasteiger partial charge in [0.1, 0.15) is 0 Å². The summed E-state index contributed by atoms with van der Waals surface area (Å²) in [5, 5.41) is 11.9. The summed E-state index contributed by atoms with van der Waals surface area (Å²) in [6, 6.07) is 12.3. The van der Waals surface area contributed by atoms with Crippen molar-refractivity contribution in [2.45, 2.75) is 13.1 Å². The van der Waals surface area contributed by atoms with Crippen LogP contribution < -0.4 is 5.32 Å². The average molecular weight is 267 g/mol. The van der Waals surface area contributed by atoms with Gasteiger partial charge in [0, 0.05) is 38.7 Å². The van der Waals surface area contributed by atoms with Crippen LogP contribution in [-0.2, 0) is 20.1 Å². The molecule has 3 rings (SSSR count). The molecule has 0 saturated heterocycles. The molecule has 102 valence electrons. The lowest BCUT2D eigenvalue weighted by Crippen LogP contribution is -2.13. The largest absolute Gasteiger partial charge is 0.307 e. The maximum absolute atomic E-state index is 4.33. The fourth-order valence-electron chi connectivity index (χ4n) is 2.08. The van der Waals surface area contributed by atoms with E-state index in [1.165, 1.54) is 5.56 Å². The van der Waals surface area contributed by atoms with Gasteiger partial charge in [0.05, 0.1) is 11.4 Å². The van der Waals surface area contributed by atoms with Gasteiger partial charge in [0.15, 0.2) is 0 Å². The first-order valence-corrected chi connectivity index (χ1v) is 6.59. The van der Waals surface area contributed by atoms with Crippen molar-refractivity contribution in [1.29, 1.82) is 0 Å². The van der Waals surface area contributed by atoms with Crippen LogP contribution in [0.25, 0.3) is 5.69 Å². The summed E-state index contributed by atoms with van der Waals surface area (Å²) in [6.45, 7) is 1.61. The Bertz CT molecular complexity index is 652. The van der Waals surface area contributed by atoms with Crippen LogP contribution >= 0.6 is 0 Å². The second kappa shape index (κ2) is 5.71. The Hall–Kier alpha value is -2.40. The molecule has 0 radical (unpaired) electrons. The van der Waals surface area contributed by atoms with E-state index in [1.807, 2.05) is 40.9 Å². The monoisotopic (exact) mass is 267 g/mol. The third kappa shape index (κ3) is 2.95. The van der Waals surface area contributed by atoms with Crippen LogP contribution in [0.3, 0.4) is 0 Å². The molecule has 0 atom stereocenters. The minimum Gasteiger partial charge on any atom is -0.307 e. The summed E-state index contributed by atoms with van der Waals surface area (Å²) >= 11 is 0.